The Morgan fingerprint density at radius 3 is 2.85 bits per heavy atom. The number of hydrogen-bond donors (Lipinski definition) is 1. The maximum atomic E-state index is 4.67. The quantitative estimate of drug-likeness (QED) is 0.788. The molecule has 0 spiro atoms. The zero-order chi connectivity index (χ0) is 17.6. The molecule has 2 aliphatic heterocycles. The molecule has 1 N–H and O–H groups in total. The van der Waals surface area contributed by atoms with Gasteiger partial charge in [0.05, 0.1) is 5.39 Å². The van der Waals surface area contributed by atoms with E-state index in [9.17, 15) is 0 Å². The fourth-order valence-corrected chi connectivity index (χ4v) is 4.76. The minimum absolute atomic E-state index is 0.376. The highest BCUT2D eigenvalue weighted by molar-refractivity contribution is 5.87. The van der Waals surface area contributed by atoms with Gasteiger partial charge in [-0.25, -0.2) is 9.97 Å². The van der Waals surface area contributed by atoms with Gasteiger partial charge in [-0.3, -0.25) is 4.90 Å². The smallest absolute Gasteiger partial charge is 0.142 e. The van der Waals surface area contributed by atoms with Gasteiger partial charge in [-0.05, 0) is 36.4 Å². The lowest BCUT2D eigenvalue weighted by molar-refractivity contribution is 0.106. The minimum Gasteiger partial charge on any atom is -0.351 e. The van der Waals surface area contributed by atoms with E-state index in [-0.39, 0.29) is 0 Å². The van der Waals surface area contributed by atoms with Crippen molar-refractivity contribution < 1.29 is 0 Å². The van der Waals surface area contributed by atoms with Crippen molar-refractivity contribution in [3.05, 3.63) is 54.5 Å². The van der Waals surface area contributed by atoms with E-state index < -0.39 is 0 Å². The van der Waals surface area contributed by atoms with Gasteiger partial charge in [0.25, 0.3) is 0 Å². The van der Waals surface area contributed by atoms with Crippen LogP contribution in [0.2, 0.25) is 0 Å². The molecule has 134 valence electrons. The van der Waals surface area contributed by atoms with Gasteiger partial charge in [0.1, 0.15) is 17.8 Å². The van der Waals surface area contributed by atoms with Crippen molar-refractivity contribution in [3.63, 3.8) is 0 Å². The summed E-state index contributed by atoms with van der Waals surface area (Å²) in [6.07, 6.45) is 6.14. The fourth-order valence-electron chi connectivity index (χ4n) is 4.76. The van der Waals surface area contributed by atoms with Crippen LogP contribution in [-0.4, -0.2) is 45.5 Å². The van der Waals surface area contributed by atoms with Gasteiger partial charge in [-0.1, -0.05) is 37.3 Å². The number of piperidine rings is 1. The number of anilines is 1. The van der Waals surface area contributed by atoms with Gasteiger partial charge >= 0.3 is 0 Å². The summed E-state index contributed by atoms with van der Waals surface area (Å²) < 4.78 is 0. The predicted molar refractivity (Wildman–Crippen MR) is 104 cm³/mol. The fraction of sp³-hybridized carbons (Fsp3) is 0.429. The zero-order valence-corrected chi connectivity index (χ0v) is 15.2. The third kappa shape index (κ3) is 2.58. The van der Waals surface area contributed by atoms with Gasteiger partial charge < -0.3 is 9.88 Å². The monoisotopic (exact) mass is 347 g/mol. The number of nitrogens with zero attached hydrogens (tertiary/aromatic N) is 4. The Hall–Kier alpha value is -2.40. The van der Waals surface area contributed by atoms with Gasteiger partial charge in [0.2, 0.25) is 0 Å². The zero-order valence-electron chi connectivity index (χ0n) is 15.2. The summed E-state index contributed by atoms with van der Waals surface area (Å²) in [4.78, 5) is 17.4. The molecule has 5 rings (SSSR count). The van der Waals surface area contributed by atoms with Gasteiger partial charge in [0.15, 0.2) is 0 Å². The van der Waals surface area contributed by atoms with E-state index in [1.807, 2.05) is 6.20 Å². The van der Waals surface area contributed by atoms with E-state index in [1.165, 1.54) is 24.9 Å². The third-order valence-electron chi connectivity index (χ3n) is 6.39. The van der Waals surface area contributed by atoms with Crippen LogP contribution in [-0.2, 0) is 6.54 Å². The second-order valence-corrected chi connectivity index (χ2v) is 8.02. The first kappa shape index (κ1) is 15.8. The van der Waals surface area contributed by atoms with Crippen LogP contribution in [0.3, 0.4) is 0 Å². The SMILES string of the molecule is C[C@@]12CCN(Cc3ccccc3)C[C@@H]1N(c1ncnc3[nH]ccc13)CC2. The summed E-state index contributed by atoms with van der Waals surface area (Å²) in [5.41, 5.74) is 2.71. The van der Waals surface area contributed by atoms with Gasteiger partial charge in [-0.15, -0.1) is 0 Å². The van der Waals surface area contributed by atoms with Crippen LogP contribution < -0.4 is 4.90 Å². The van der Waals surface area contributed by atoms with Crippen molar-refractivity contribution in [1.29, 1.82) is 0 Å². The molecule has 0 saturated carbocycles. The molecule has 4 heterocycles. The third-order valence-corrected chi connectivity index (χ3v) is 6.39. The lowest BCUT2D eigenvalue weighted by atomic mass is 9.76. The molecular formula is C21H25N5. The molecule has 3 aromatic rings. The number of aromatic nitrogens is 3. The molecule has 0 amide bonds. The average molecular weight is 347 g/mol. The van der Waals surface area contributed by atoms with Crippen LogP contribution in [0.1, 0.15) is 25.3 Å². The second-order valence-electron chi connectivity index (χ2n) is 8.02. The Labute approximate surface area is 154 Å². The van der Waals surface area contributed by atoms with E-state index in [0.717, 1.165) is 36.5 Å². The Balaban J connectivity index is 1.43. The Bertz CT molecular complexity index is 905. The van der Waals surface area contributed by atoms with Crippen LogP contribution in [0.15, 0.2) is 48.9 Å². The summed E-state index contributed by atoms with van der Waals surface area (Å²) >= 11 is 0. The number of benzene rings is 1. The van der Waals surface area contributed by atoms with Gasteiger partial charge in [-0.2, -0.15) is 0 Å². The molecular weight excluding hydrogens is 322 g/mol. The lowest BCUT2D eigenvalue weighted by Crippen LogP contribution is -2.52. The van der Waals surface area contributed by atoms with Crippen LogP contribution in [0.25, 0.3) is 11.0 Å². The highest BCUT2D eigenvalue weighted by Gasteiger charge is 2.47. The Morgan fingerprint density at radius 2 is 1.96 bits per heavy atom. The molecule has 2 saturated heterocycles. The van der Waals surface area contributed by atoms with Crippen molar-refractivity contribution in [2.45, 2.75) is 32.4 Å². The van der Waals surface area contributed by atoms with E-state index in [4.69, 9.17) is 0 Å². The predicted octanol–water partition coefficient (Wildman–Crippen LogP) is 3.45. The molecule has 2 aromatic heterocycles. The molecule has 0 radical (unpaired) electrons. The number of fused-ring (bicyclic) bond motifs is 2. The molecule has 2 aliphatic rings. The standard InChI is InChI=1S/C21H25N5/c1-21-8-11-25(13-16-5-3-2-4-6-16)14-18(21)26(12-9-21)20-17-7-10-22-19(17)23-15-24-20/h2-7,10,15,18H,8-9,11-14H2,1H3,(H,22,23,24)/t18-,21-/m0/s1. The number of nitrogens with one attached hydrogen (secondary N) is 1. The topological polar surface area (TPSA) is 48.1 Å². The number of hydrogen-bond acceptors (Lipinski definition) is 4. The number of aromatic amines is 1. The normalized spacial score (nSPS) is 26.3. The molecule has 0 aliphatic carbocycles. The first-order valence-electron chi connectivity index (χ1n) is 9.54. The minimum atomic E-state index is 0.376. The molecule has 0 unspecified atom stereocenters. The average Bonchev–Trinajstić information content (AvgIpc) is 3.27. The molecule has 5 nitrogen and oxygen atoms in total. The summed E-state index contributed by atoms with van der Waals surface area (Å²) in [6, 6.07) is 13.4. The molecule has 0 bridgehead atoms. The summed E-state index contributed by atoms with van der Waals surface area (Å²) in [6.45, 7) is 6.86. The van der Waals surface area contributed by atoms with Crippen molar-refractivity contribution in [1.82, 2.24) is 19.9 Å². The Kier molecular flexibility index (Phi) is 3.71. The van der Waals surface area contributed by atoms with Crippen molar-refractivity contribution in [3.8, 4) is 0 Å². The first-order chi connectivity index (χ1) is 12.7. The summed E-state index contributed by atoms with van der Waals surface area (Å²) in [5.74, 6) is 1.09. The van der Waals surface area contributed by atoms with Crippen molar-refractivity contribution in [2.24, 2.45) is 5.41 Å². The first-order valence-corrected chi connectivity index (χ1v) is 9.54. The molecule has 1 aromatic carbocycles. The largest absolute Gasteiger partial charge is 0.351 e. The van der Waals surface area contributed by atoms with Crippen LogP contribution >= 0.6 is 0 Å². The second kappa shape index (κ2) is 6.09. The van der Waals surface area contributed by atoms with E-state index in [1.54, 1.807) is 6.33 Å². The Morgan fingerprint density at radius 1 is 1.12 bits per heavy atom. The van der Waals surface area contributed by atoms with E-state index in [0.29, 0.717) is 11.5 Å². The number of H-pyrrole nitrogens is 1. The molecule has 5 heteroatoms. The van der Waals surface area contributed by atoms with Crippen LogP contribution in [0, 0.1) is 5.41 Å². The number of likely N-dealkylation sites (tertiary alicyclic amines) is 1. The summed E-state index contributed by atoms with van der Waals surface area (Å²) in [7, 11) is 0. The summed E-state index contributed by atoms with van der Waals surface area (Å²) in [5, 5.41) is 1.14. The maximum Gasteiger partial charge on any atom is 0.142 e. The maximum absolute atomic E-state index is 4.67. The van der Waals surface area contributed by atoms with Crippen LogP contribution in [0.5, 0.6) is 0 Å². The molecule has 26 heavy (non-hydrogen) atoms. The highest BCUT2D eigenvalue weighted by atomic mass is 15.3. The van der Waals surface area contributed by atoms with Gasteiger partial charge in [0, 0.05) is 31.9 Å². The van der Waals surface area contributed by atoms with E-state index >= 15 is 0 Å². The van der Waals surface area contributed by atoms with Crippen molar-refractivity contribution >= 4 is 16.9 Å². The molecule has 2 atom stereocenters. The van der Waals surface area contributed by atoms with Crippen LogP contribution in [0.4, 0.5) is 5.82 Å². The van der Waals surface area contributed by atoms with E-state index in [2.05, 4.69) is 68.1 Å². The molecule has 2 fully saturated rings. The lowest BCUT2D eigenvalue weighted by Gasteiger charge is -2.44. The number of rotatable bonds is 3. The van der Waals surface area contributed by atoms with Crippen molar-refractivity contribution in [2.75, 3.05) is 24.5 Å². The highest BCUT2D eigenvalue weighted by Crippen LogP contribution is 2.45.